The van der Waals surface area contributed by atoms with Crippen LogP contribution in [-0.2, 0) is 0 Å². The zero-order chi connectivity index (χ0) is 13.8. The molecule has 1 aliphatic carbocycles. The molecule has 0 saturated heterocycles. The first-order valence-corrected chi connectivity index (χ1v) is 6.43. The zero-order valence-electron chi connectivity index (χ0n) is 10.6. The van der Waals surface area contributed by atoms with E-state index in [2.05, 4.69) is 5.32 Å². The molecule has 2 rings (SSSR count). The van der Waals surface area contributed by atoms with Crippen LogP contribution in [0.5, 0.6) is 0 Å². The van der Waals surface area contributed by atoms with Crippen molar-refractivity contribution in [3.05, 3.63) is 33.9 Å². The Morgan fingerprint density at radius 1 is 1.32 bits per heavy atom. The molecule has 6 heteroatoms. The van der Waals surface area contributed by atoms with E-state index in [1.165, 1.54) is 18.6 Å². The number of nitro groups is 1. The largest absolute Gasteiger partial charge is 0.393 e. The van der Waals surface area contributed by atoms with Crippen LogP contribution in [0.1, 0.15) is 42.5 Å². The maximum atomic E-state index is 12.1. The number of amides is 1. The maximum absolute atomic E-state index is 12.1. The molecular formula is C13H17N3O3. The van der Waals surface area contributed by atoms with Crippen molar-refractivity contribution in [1.29, 1.82) is 0 Å². The highest BCUT2D eigenvalue weighted by atomic mass is 16.6. The third kappa shape index (κ3) is 3.01. The number of rotatable bonds is 3. The number of nitrogens with two attached hydrogens (primary N) is 1. The Bertz CT molecular complexity index is 496. The van der Waals surface area contributed by atoms with Crippen LogP contribution in [0.15, 0.2) is 18.2 Å². The lowest BCUT2D eigenvalue weighted by Gasteiger charge is -2.22. The number of anilines is 1. The molecule has 1 amide bonds. The van der Waals surface area contributed by atoms with Gasteiger partial charge in [0.2, 0.25) is 0 Å². The van der Waals surface area contributed by atoms with Gasteiger partial charge in [-0.1, -0.05) is 25.3 Å². The first kappa shape index (κ1) is 13.3. The molecule has 1 aromatic carbocycles. The first-order valence-electron chi connectivity index (χ1n) is 6.43. The van der Waals surface area contributed by atoms with Gasteiger partial charge in [-0.2, -0.15) is 0 Å². The van der Waals surface area contributed by atoms with E-state index in [0.717, 1.165) is 25.7 Å². The molecule has 1 aromatic rings. The highest BCUT2D eigenvalue weighted by molar-refractivity contribution is 6.00. The monoisotopic (exact) mass is 263 g/mol. The van der Waals surface area contributed by atoms with Crippen molar-refractivity contribution < 1.29 is 9.72 Å². The minimum absolute atomic E-state index is 0.0151. The summed E-state index contributed by atoms with van der Waals surface area (Å²) in [6.07, 6.45) is 5.22. The van der Waals surface area contributed by atoms with Crippen LogP contribution < -0.4 is 11.1 Å². The van der Waals surface area contributed by atoms with Crippen molar-refractivity contribution in [3.63, 3.8) is 0 Å². The molecule has 0 radical (unpaired) electrons. The van der Waals surface area contributed by atoms with Crippen molar-refractivity contribution in [2.75, 3.05) is 5.73 Å². The lowest BCUT2D eigenvalue weighted by Crippen LogP contribution is -2.36. The lowest BCUT2D eigenvalue weighted by molar-refractivity contribution is -0.384. The summed E-state index contributed by atoms with van der Waals surface area (Å²) < 4.78 is 0. The number of carbonyl (C=O) groups is 1. The SMILES string of the molecule is Nc1cccc(C(=O)NC2CCCCC2)c1[N+](=O)[O-]. The Hall–Kier alpha value is -2.11. The number of hydrogen-bond donors (Lipinski definition) is 2. The second kappa shape index (κ2) is 5.69. The summed E-state index contributed by atoms with van der Waals surface area (Å²) in [7, 11) is 0. The number of nitrogen functional groups attached to an aromatic ring is 1. The minimum Gasteiger partial charge on any atom is -0.393 e. The van der Waals surface area contributed by atoms with Gasteiger partial charge >= 0.3 is 5.69 Å². The van der Waals surface area contributed by atoms with E-state index >= 15 is 0 Å². The molecule has 0 aliphatic heterocycles. The number of nitrogens with zero attached hydrogens (tertiary/aromatic N) is 1. The fourth-order valence-corrected chi connectivity index (χ4v) is 2.46. The number of benzene rings is 1. The highest BCUT2D eigenvalue weighted by Gasteiger charge is 2.25. The number of para-hydroxylation sites is 1. The molecular weight excluding hydrogens is 246 g/mol. The molecule has 0 bridgehead atoms. The van der Waals surface area contributed by atoms with Gasteiger partial charge in [0.1, 0.15) is 11.3 Å². The van der Waals surface area contributed by atoms with E-state index in [1.807, 2.05) is 0 Å². The van der Waals surface area contributed by atoms with E-state index < -0.39 is 10.8 Å². The van der Waals surface area contributed by atoms with Gasteiger partial charge in [0, 0.05) is 6.04 Å². The molecule has 0 atom stereocenters. The predicted molar refractivity (Wildman–Crippen MR) is 71.8 cm³/mol. The molecule has 1 aliphatic rings. The van der Waals surface area contributed by atoms with Crippen LogP contribution >= 0.6 is 0 Å². The van der Waals surface area contributed by atoms with Gasteiger partial charge in [0.05, 0.1) is 4.92 Å². The van der Waals surface area contributed by atoms with Crippen LogP contribution in [0, 0.1) is 10.1 Å². The van der Waals surface area contributed by atoms with Gasteiger partial charge in [0.25, 0.3) is 5.91 Å². The van der Waals surface area contributed by atoms with Crippen molar-refractivity contribution >= 4 is 17.3 Å². The second-order valence-electron chi connectivity index (χ2n) is 4.81. The Balaban J connectivity index is 2.18. The lowest BCUT2D eigenvalue weighted by atomic mass is 9.95. The summed E-state index contributed by atoms with van der Waals surface area (Å²) in [4.78, 5) is 22.5. The Morgan fingerprint density at radius 3 is 2.63 bits per heavy atom. The molecule has 0 aromatic heterocycles. The molecule has 19 heavy (non-hydrogen) atoms. The van der Waals surface area contributed by atoms with E-state index in [9.17, 15) is 14.9 Å². The molecule has 1 fully saturated rings. The van der Waals surface area contributed by atoms with Crippen LogP contribution in [0.25, 0.3) is 0 Å². The van der Waals surface area contributed by atoms with Gasteiger partial charge in [-0.15, -0.1) is 0 Å². The predicted octanol–water partition coefficient (Wildman–Crippen LogP) is 2.24. The summed E-state index contributed by atoms with van der Waals surface area (Å²) in [5.74, 6) is -0.411. The van der Waals surface area contributed by atoms with Crippen molar-refractivity contribution in [3.8, 4) is 0 Å². The van der Waals surface area contributed by atoms with Crippen LogP contribution in [-0.4, -0.2) is 16.9 Å². The van der Waals surface area contributed by atoms with Gasteiger partial charge in [0.15, 0.2) is 0 Å². The third-order valence-corrected chi connectivity index (χ3v) is 3.43. The number of nitro benzene ring substituents is 1. The smallest absolute Gasteiger partial charge is 0.304 e. The van der Waals surface area contributed by atoms with Crippen LogP contribution in [0.4, 0.5) is 11.4 Å². The first-order chi connectivity index (χ1) is 9.09. The second-order valence-corrected chi connectivity index (χ2v) is 4.81. The van der Waals surface area contributed by atoms with Gasteiger partial charge in [-0.3, -0.25) is 14.9 Å². The van der Waals surface area contributed by atoms with Gasteiger partial charge < -0.3 is 11.1 Å². The molecule has 0 unspecified atom stereocenters. The summed E-state index contributed by atoms with van der Waals surface area (Å²) >= 11 is 0. The molecule has 102 valence electrons. The summed E-state index contributed by atoms with van der Waals surface area (Å²) in [6.45, 7) is 0. The number of carbonyl (C=O) groups excluding carboxylic acids is 1. The minimum atomic E-state index is -0.606. The normalized spacial score (nSPS) is 16.0. The Kier molecular flexibility index (Phi) is 3.99. The Morgan fingerprint density at radius 2 is 2.00 bits per heavy atom. The van der Waals surface area contributed by atoms with Gasteiger partial charge in [-0.05, 0) is 25.0 Å². The fourth-order valence-electron chi connectivity index (χ4n) is 2.46. The highest BCUT2D eigenvalue weighted by Crippen LogP contribution is 2.26. The van der Waals surface area contributed by atoms with Crippen molar-refractivity contribution in [2.45, 2.75) is 38.1 Å². The zero-order valence-corrected chi connectivity index (χ0v) is 10.6. The van der Waals surface area contributed by atoms with E-state index in [0.29, 0.717) is 0 Å². The molecule has 0 heterocycles. The number of hydrogen-bond acceptors (Lipinski definition) is 4. The molecule has 0 spiro atoms. The van der Waals surface area contributed by atoms with E-state index in [-0.39, 0.29) is 23.0 Å². The summed E-state index contributed by atoms with van der Waals surface area (Å²) in [5, 5.41) is 13.8. The van der Waals surface area contributed by atoms with E-state index in [1.54, 1.807) is 6.07 Å². The standard InChI is InChI=1S/C13H17N3O3/c14-11-8-4-7-10(12(11)16(18)19)13(17)15-9-5-2-1-3-6-9/h4,7-9H,1-3,5-6,14H2,(H,15,17). The number of nitrogens with one attached hydrogen (secondary N) is 1. The molecule has 1 saturated carbocycles. The maximum Gasteiger partial charge on any atom is 0.304 e. The topological polar surface area (TPSA) is 98.3 Å². The Labute approximate surface area is 111 Å². The third-order valence-electron chi connectivity index (χ3n) is 3.43. The van der Waals surface area contributed by atoms with Crippen LogP contribution in [0.2, 0.25) is 0 Å². The van der Waals surface area contributed by atoms with Gasteiger partial charge in [-0.25, -0.2) is 0 Å². The van der Waals surface area contributed by atoms with Crippen molar-refractivity contribution in [1.82, 2.24) is 5.32 Å². The summed E-state index contributed by atoms with van der Waals surface area (Å²) in [5.41, 5.74) is 5.31. The summed E-state index contributed by atoms with van der Waals surface area (Å²) in [6, 6.07) is 4.53. The van der Waals surface area contributed by atoms with E-state index in [4.69, 9.17) is 5.73 Å². The fraction of sp³-hybridized carbons (Fsp3) is 0.462. The molecule has 3 N–H and O–H groups in total. The average molecular weight is 263 g/mol. The quantitative estimate of drug-likeness (QED) is 0.496. The molecule has 6 nitrogen and oxygen atoms in total. The van der Waals surface area contributed by atoms with Crippen LogP contribution in [0.3, 0.4) is 0 Å². The van der Waals surface area contributed by atoms with Crippen molar-refractivity contribution in [2.24, 2.45) is 0 Å². The average Bonchev–Trinajstić information content (AvgIpc) is 2.39.